The molecule has 0 aliphatic heterocycles. The van der Waals surface area contributed by atoms with Crippen LogP contribution in [0.25, 0.3) is 10.1 Å². The van der Waals surface area contributed by atoms with Crippen LogP contribution in [0.2, 0.25) is 0 Å². The lowest BCUT2D eigenvalue weighted by molar-refractivity contribution is -0.128. The van der Waals surface area contributed by atoms with E-state index in [2.05, 4.69) is 17.5 Å². The number of benzene rings is 1. The fraction of sp³-hybridized carbons (Fsp3) is 0.357. The van der Waals surface area contributed by atoms with Gasteiger partial charge in [0.25, 0.3) is 0 Å². The Hall–Kier alpha value is -1.19. The van der Waals surface area contributed by atoms with Crippen molar-refractivity contribution in [2.75, 3.05) is 6.61 Å². The van der Waals surface area contributed by atoms with Crippen LogP contribution in [0.4, 0.5) is 0 Å². The molecule has 0 bridgehead atoms. The first-order valence-electron chi connectivity index (χ1n) is 5.81. The van der Waals surface area contributed by atoms with Crippen molar-refractivity contribution in [1.29, 1.82) is 0 Å². The molecule has 2 nitrogen and oxygen atoms in total. The molecule has 0 saturated heterocycles. The van der Waals surface area contributed by atoms with Crippen LogP contribution in [-0.4, -0.2) is 18.5 Å². The molecular formula is C14H16O2S. The van der Waals surface area contributed by atoms with Gasteiger partial charge >= 0.3 is 0 Å². The Bertz CT molecular complexity index is 516. The van der Waals surface area contributed by atoms with Crippen LogP contribution in [0.15, 0.2) is 29.6 Å². The van der Waals surface area contributed by atoms with E-state index in [0.717, 1.165) is 5.56 Å². The number of carbonyl (C=O) groups excluding carboxylic acids is 1. The molecule has 0 fully saturated rings. The van der Waals surface area contributed by atoms with Gasteiger partial charge < -0.3 is 4.74 Å². The lowest BCUT2D eigenvalue weighted by Crippen LogP contribution is -2.22. The van der Waals surface area contributed by atoms with Crippen LogP contribution in [0.3, 0.4) is 0 Å². The second-order valence-corrected chi connectivity index (χ2v) is 4.91. The molecule has 1 atom stereocenters. The van der Waals surface area contributed by atoms with E-state index in [1.807, 2.05) is 26.0 Å². The molecule has 1 heterocycles. The Balaban J connectivity index is 2.16. The van der Waals surface area contributed by atoms with Crippen molar-refractivity contribution < 1.29 is 9.53 Å². The SMILES string of the molecule is CCOC(C)C(=O)Cc1csc2ccccc12. The van der Waals surface area contributed by atoms with Gasteiger partial charge in [0.05, 0.1) is 0 Å². The standard InChI is InChI=1S/C14H16O2S/c1-3-16-10(2)13(15)8-11-9-17-14-7-5-4-6-12(11)14/h4-7,9-10H,3,8H2,1-2H3. The fourth-order valence-electron chi connectivity index (χ4n) is 1.84. The Morgan fingerprint density at radius 3 is 2.94 bits per heavy atom. The van der Waals surface area contributed by atoms with Crippen molar-refractivity contribution in [1.82, 2.24) is 0 Å². The van der Waals surface area contributed by atoms with Gasteiger partial charge in [-0.25, -0.2) is 0 Å². The van der Waals surface area contributed by atoms with E-state index in [9.17, 15) is 4.79 Å². The average molecular weight is 248 g/mol. The predicted octanol–water partition coefficient (Wildman–Crippen LogP) is 3.44. The van der Waals surface area contributed by atoms with Gasteiger partial charge in [-0.1, -0.05) is 18.2 Å². The number of hydrogen-bond donors (Lipinski definition) is 0. The summed E-state index contributed by atoms with van der Waals surface area (Å²) in [6, 6.07) is 8.18. The summed E-state index contributed by atoms with van der Waals surface area (Å²) >= 11 is 1.69. The minimum Gasteiger partial charge on any atom is -0.371 e. The largest absolute Gasteiger partial charge is 0.371 e. The number of ether oxygens (including phenoxy) is 1. The van der Waals surface area contributed by atoms with E-state index in [4.69, 9.17) is 4.74 Å². The Morgan fingerprint density at radius 1 is 1.41 bits per heavy atom. The number of carbonyl (C=O) groups is 1. The molecule has 17 heavy (non-hydrogen) atoms. The van der Waals surface area contributed by atoms with Crippen molar-refractivity contribution in [3.8, 4) is 0 Å². The van der Waals surface area contributed by atoms with Crippen molar-refractivity contribution in [3.63, 3.8) is 0 Å². The normalized spacial score (nSPS) is 12.8. The number of hydrogen-bond acceptors (Lipinski definition) is 3. The zero-order chi connectivity index (χ0) is 12.3. The third kappa shape index (κ3) is 2.73. The number of thiophene rings is 1. The molecule has 1 aromatic carbocycles. The van der Waals surface area contributed by atoms with Crippen LogP contribution >= 0.6 is 11.3 Å². The number of ketones is 1. The van der Waals surface area contributed by atoms with Gasteiger partial charge in [0.1, 0.15) is 6.10 Å². The van der Waals surface area contributed by atoms with Gasteiger partial charge in [-0.15, -0.1) is 11.3 Å². The fourth-order valence-corrected chi connectivity index (χ4v) is 2.81. The summed E-state index contributed by atoms with van der Waals surface area (Å²) in [7, 11) is 0. The maximum atomic E-state index is 11.9. The van der Waals surface area contributed by atoms with E-state index in [-0.39, 0.29) is 11.9 Å². The second kappa shape index (κ2) is 5.43. The Kier molecular flexibility index (Phi) is 3.92. The first kappa shape index (κ1) is 12.3. The Morgan fingerprint density at radius 2 is 2.18 bits per heavy atom. The zero-order valence-corrected chi connectivity index (χ0v) is 10.9. The predicted molar refractivity (Wildman–Crippen MR) is 71.6 cm³/mol. The highest BCUT2D eigenvalue weighted by Crippen LogP contribution is 2.26. The van der Waals surface area contributed by atoms with Gasteiger partial charge in [0.2, 0.25) is 0 Å². The number of Topliss-reactive ketones (excluding diaryl/α,β-unsaturated/α-hetero) is 1. The summed E-state index contributed by atoms with van der Waals surface area (Å²) in [5.41, 5.74) is 1.11. The van der Waals surface area contributed by atoms with Gasteiger partial charge in [-0.05, 0) is 36.2 Å². The van der Waals surface area contributed by atoms with E-state index in [1.54, 1.807) is 11.3 Å². The molecule has 2 aromatic rings. The van der Waals surface area contributed by atoms with Crippen molar-refractivity contribution in [2.24, 2.45) is 0 Å². The van der Waals surface area contributed by atoms with Gasteiger partial charge in [0, 0.05) is 17.7 Å². The smallest absolute Gasteiger partial charge is 0.165 e. The molecule has 0 radical (unpaired) electrons. The van der Waals surface area contributed by atoms with Crippen LogP contribution in [0, 0.1) is 0 Å². The summed E-state index contributed by atoms with van der Waals surface area (Å²) in [5.74, 6) is 0.149. The van der Waals surface area contributed by atoms with Crippen molar-refractivity contribution in [2.45, 2.75) is 26.4 Å². The molecule has 0 amide bonds. The third-order valence-electron chi connectivity index (χ3n) is 2.80. The summed E-state index contributed by atoms with van der Waals surface area (Å²) in [6.07, 6.45) is 0.157. The molecule has 0 spiro atoms. The lowest BCUT2D eigenvalue weighted by Gasteiger charge is -2.09. The molecule has 0 saturated carbocycles. The monoisotopic (exact) mass is 248 g/mol. The average Bonchev–Trinajstić information content (AvgIpc) is 2.73. The maximum absolute atomic E-state index is 11.9. The molecule has 2 rings (SSSR count). The highest BCUT2D eigenvalue weighted by molar-refractivity contribution is 7.17. The molecule has 0 N–H and O–H groups in total. The summed E-state index contributed by atoms with van der Waals surface area (Å²) in [4.78, 5) is 11.9. The summed E-state index contributed by atoms with van der Waals surface area (Å²) < 4.78 is 6.55. The molecule has 1 unspecified atom stereocenters. The summed E-state index contributed by atoms with van der Waals surface area (Å²) in [5, 5.41) is 3.26. The van der Waals surface area contributed by atoms with Crippen LogP contribution < -0.4 is 0 Å². The minimum absolute atomic E-state index is 0.149. The van der Waals surface area contributed by atoms with Crippen molar-refractivity contribution >= 4 is 27.2 Å². The van der Waals surface area contributed by atoms with E-state index in [0.29, 0.717) is 13.0 Å². The summed E-state index contributed by atoms with van der Waals surface area (Å²) in [6.45, 7) is 4.31. The quantitative estimate of drug-likeness (QED) is 0.810. The first-order chi connectivity index (χ1) is 8.22. The molecule has 1 aromatic heterocycles. The lowest BCUT2D eigenvalue weighted by atomic mass is 10.1. The number of rotatable bonds is 5. The molecule has 0 aliphatic carbocycles. The van der Waals surface area contributed by atoms with E-state index < -0.39 is 0 Å². The molecular weight excluding hydrogens is 232 g/mol. The van der Waals surface area contributed by atoms with Gasteiger partial charge in [0.15, 0.2) is 5.78 Å². The minimum atomic E-state index is -0.307. The molecule has 90 valence electrons. The third-order valence-corrected chi connectivity index (χ3v) is 3.81. The van der Waals surface area contributed by atoms with E-state index >= 15 is 0 Å². The van der Waals surface area contributed by atoms with Crippen LogP contribution in [0.1, 0.15) is 19.4 Å². The van der Waals surface area contributed by atoms with Gasteiger partial charge in [-0.3, -0.25) is 4.79 Å². The van der Waals surface area contributed by atoms with Gasteiger partial charge in [-0.2, -0.15) is 0 Å². The molecule has 0 aliphatic rings. The van der Waals surface area contributed by atoms with Crippen molar-refractivity contribution in [3.05, 3.63) is 35.2 Å². The van der Waals surface area contributed by atoms with E-state index in [1.165, 1.54) is 10.1 Å². The zero-order valence-electron chi connectivity index (χ0n) is 10.1. The Labute approximate surface area is 105 Å². The highest BCUT2D eigenvalue weighted by atomic mass is 32.1. The molecule has 3 heteroatoms. The van der Waals surface area contributed by atoms with Crippen LogP contribution in [-0.2, 0) is 16.0 Å². The number of fused-ring (bicyclic) bond motifs is 1. The highest BCUT2D eigenvalue weighted by Gasteiger charge is 2.15. The maximum Gasteiger partial charge on any atom is 0.165 e. The topological polar surface area (TPSA) is 26.3 Å². The van der Waals surface area contributed by atoms with Crippen LogP contribution in [0.5, 0.6) is 0 Å². The second-order valence-electron chi connectivity index (χ2n) is 4.00. The first-order valence-corrected chi connectivity index (χ1v) is 6.69.